The van der Waals surface area contributed by atoms with E-state index in [1.165, 1.54) is 11.8 Å². The van der Waals surface area contributed by atoms with E-state index in [1.807, 2.05) is 6.92 Å². The van der Waals surface area contributed by atoms with E-state index in [9.17, 15) is 0 Å². The van der Waals surface area contributed by atoms with Gasteiger partial charge in [-0.05, 0) is 13.0 Å². The summed E-state index contributed by atoms with van der Waals surface area (Å²) in [5.41, 5.74) is 6.66. The van der Waals surface area contributed by atoms with Gasteiger partial charge in [0.1, 0.15) is 5.69 Å². The molecule has 0 radical (unpaired) electrons. The molecule has 16 heavy (non-hydrogen) atoms. The third kappa shape index (κ3) is 3.67. The number of amidine groups is 1. The summed E-state index contributed by atoms with van der Waals surface area (Å²) in [5.74, 6) is 0.745. The van der Waals surface area contributed by atoms with Crippen molar-refractivity contribution in [2.45, 2.75) is 12.1 Å². The summed E-state index contributed by atoms with van der Waals surface area (Å²) < 4.78 is 4.93. The first-order chi connectivity index (χ1) is 7.67. The normalized spacial score (nSPS) is 11.8. The molecule has 0 aliphatic rings. The number of hydrogen-bond donors (Lipinski definition) is 2. The van der Waals surface area contributed by atoms with Crippen molar-refractivity contribution < 1.29 is 9.94 Å². The first-order valence-electron chi connectivity index (χ1n) is 4.62. The number of aryl methyl sites for hydroxylation is 1. The maximum Gasteiger partial charge on any atom is 0.188 e. The van der Waals surface area contributed by atoms with E-state index in [-0.39, 0.29) is 5.84 Å². The highest BCUT2D eigenvalue weighted by Crippen LogP contribution is 2.13. The van der Waals surface area contributed by atoms with Crippen molar-refractivity contribution >= 4 is 17.6 Å². The van der Waals surface area contributed by atoms with Gasteiger partial charge in [-0.1, -0.05) is 16.9 Å². The Morgan fingerprint density at radius 2 is 2.38 bits per heavy atom. The number of hydrogen-bond acceptors (Lipinski definition) is 6. The van der Waals surface area contributed by atoms with E-state index in [0.717, 1.165) is 11.4 Å². The zero-order chi connectivity index (χ0) is 12.0. The van der Waals surface area contributed by atoms with Crippen LogP contribution in [-0.2, 0) is 4.74 Å². The lowest BCUT2D eigenvalue weighted by Crippen LogP contribution is -2.16. The molecular formula is C9H14N4O2S. The Morgan fingerprint density at radius 1 is 1.62 bits per heavy atom. The fourth-order valence-corrected chi connectivity index (χ4v) is 1.81. The number of nitrogens with two attached hydrogens (primary N) is 1. The minimum atomic E-state index is -0.0147. The van der Waals surface area contributed by atoms with Crippen molar-refractivity contribution in [1.29, 1.82) is 0 Å². The zero-order valence-corrected chi connectivity index (χ0v) is 9.99. The van der Waals surface area contributed by atoms with E-state index in [0.29, 0.717) is 17.5 Å². The second-order valence-corrected chi connectivity index (χ2v) is 4.07. The molecule has 0 fully saturated rings. The van der Waals surface area contributed by atoms with Gasteiger partial charge in [0.15, 0.2) is 11.0 Å². The van der Waals surface area contributed by atoms with Crippen LogP contribution in [0.1, 0.15) is 11.4 Å². The number of methoxy groups -OCH3 is 1. The van der Waals surface area contributed by atoms with Gasteiger partial charge in [-0.2, -0.15) is 0 Å². The SMILES string of the molecule is COCCSc1nc(C)cc(/C(N)=N/O)n1. The highest BCUT2D eigenvalue weighted by atomic mass is 32.2. The maximum atomic E-state index is 8.56. The van der Waals surface area contributed by atoms with Crippen molar-refractivity contribution in [3.05, 3.63) is 17.5 Å². The van der Waals surface area contributed by atoms with E-state index >= 15 is 0 Å². The van der Waals surface area contributed by atoms with Gasteiger partial charge in [0, 0.05) is 18.6 Å². The predicted octanol–water partition coefficient (Wildman–Crippen LogP) is 0.618. The van der Waals surface area contributed by atoms with Gasteiger partial charge in [0.05, 0.1) is 6.61 Å². The minimum Gasteiger partial charge on any atom is -0.409 e. The summed E-state index contributed by atoms with van der Waals surface area (Å²) in [6, 6.07) is 1.66. The molecule has 0 saturated carbocycles. The molecular weight excluding hydrogens is 228 g/mol. The van der Waals surface area contributed by atoms with Crippen LogP contribution in [0.25, 0.3) is 0 Å². The Bertz CT molecular complexity index is 384. The Kier molecular flexibility index (Phi) is 5.00. The number of ether oxygens (including phenoxy) is 1. The van der Waals surface area contributed by atoms with Gasteiger partial charge < -0.3 is 15.7 Å². The molecule has 0 aliphatic heterocycles. The molecule has 0 atom stereocenters. The molecule has 0 spiro atoms. The average Bonchev–Trinajstić information content (AvgIpc) is 2.27. The fourth-order valence-electron chi connectivity index (χ4n) is 1.00. The van der Waals surface area contributed by atoms with Crippen LogP contribution in [0.5, 0.6) is 0 Å². The Hall–Kier alpha value is -1.34. The third-order valence-corrected chi connectivity index (χ3v) is 2.53. The molecule has 7 heteroatoms. The van der Waals surface area contributed by atoms with E-state index < -0.39 is 0 Å². The summed E-state index contributed by atoms with van der Waals surface area (Å²) in [6.07, 6.45) is 0. The predicted molar refractivity (Wildman–Crippen MR) is 61.9 cm³/mol. The number of thioether (sulfide) groups is 1. The van der Waals surface area contributed by atoms with Crippen LogP contribution in [0.4, 0.5) is 0 Å². The summed E-state index contributed by atoms with van der Waals surface area (Å²) >= 11 is 1.46. The molecule has 3 N–H and O–H groups in total. The molecule has 0 aromatic carbocycles. The standard InChI is InChI=1S/C9H14N4O2S/c1-6-5-7(8(10)13-14)12-9(11-6)16-4-3-15-2/h5,14H,3-4H2,1-2H3,(H2,10,13). The van der Waals surface area contributed by atoms with Crippen LogP contribution in [0.2, 0.25) is 0 Å². The largest absolute Gasteiger partial charge is 0.409 e. The highest BCUT2D eigenvalue weighted by Gasteiger charge is 2.06. The van der Waals surface area contributed by atoms with Crippen LogP contribution in [0.15, 0.2) is 16.4 Å². The molecule has 1 heterocycles. The molecule has 0 amide bonds. The van der Waals surface area contributed by atoms with Crippen LogP contribution >= 0.6 is 11.8 Å². The van der Waals surface area contributed by atoms with E-state index in [2.05, 4.69) is 15.1 Å². The number of nitrogens with zero attached hydrogens (tertiary/aromatic N) is 3. The van der Waals surface area contributed by atoms with Crippen LogP contribution in [0.3, 0.4) is 0 Å². The summed E-state index contributed by atoms with van der Waals surface area (Å²) in [7, 11) is 1.64. The summed E-state index contributed by atoms with van der Waals surface area (Å²) in [5, 5.41) is 12.1. The van der Waals surface area contributed by atoms with Crippen molar-refractivity contribution in [2.24, 2.45) is 10.9 Å². The lowest BCUT2D eigenvalue weighted by Gasteiger charge is -2.04. The minimum absolute atomic E-state index is 0.0147. The average molecular weight is 242 g/mol. The molecule has 0 saturated heterocycles. The first-order valence-corrected chi connectivity index (χ1v) is 5.61. The Morgan fingerprint density at radius 3 is 3.00 bits per heavy atom. The smallest absolute Gasteiger partial charge is 0.188 e. The Labute approximate surface area is 97.9 Å². The molecule has 1 aromatic rings. The van der Waals surface area contributed by atoms with Gasteiger partial charge in [0.25, 0.3) is 0 Å². The van der Waals surface area contributed by atoms with E-state index in [1.54, 1.807) is 13.2 Å². The van der Waals surface area contributed by atoms with Crippen molar-refractivity contribution in [3.63, 3.8) is 0 Å². The van der Waals surface area contributed by atoms with Crippen LogP contribution in [0, 0.1) is 6.92 Å². The first kappa shape index (κ1) is 12.7. The second kappa shape index (κ2) is 6.29. The van der Waals surface area contributed by atoms with Gasteiger partial charge in [-0.25, -0.2) is 9.97 Å². The van der Waals surface area contributed by atoms with E-state index in [4.69, 9.17) is 15.7 Å². The summed E-state index contributed by atoms with van der Waals surface area (Å²) in [4.78, 5) is 8.38. The molecule has 1 aromatic heterocycles. The number of oxime groups is 1. The van der Waals surface area contributed by atoms with Crippen molar-refractivity contribution in [2.75, 3.05) is 19.5 Å². The molecule has 1 rings (SSSR count). The Balaban J connectivity index is 2.82. The number of rotatable bonds is 5. The molecule has 0 bridgehead atoms. The highest BCUT2D eigenvalue weighted by molar-refractivity contribution is 7.99. The number of aromatic nitrogens is 2. The lowest BCUT2D eigenvalue weighted by molar-refractivity contribution is 0.218. The quantitative estimate of drug-likeness (QED) is 0.149. The fraction of sp³-hybridized carbons (Fsp3) is 0.444. The van der Waals surface area contributed by atoms with Gasteiger partial charge in [-0.15, -0.1) is 0 Å². The third-order valence-electron chi connectivity index (χ3n) is 1.72. The van der Waals surface area contributed by atoms with Gasteiger partial charge >= 0.3 is 0 Å². The summed E-state index contributed by atoms with van der Waals surface area (Å²) in [6.45, 7) is 2.46. The molecule has 0 unspecified atom stereocenters. The van der Waals surface area contributed by atoms with Crippen LogP contribution < -0.4 is 5.73 Å². The van der Waals surface area contributed by atoms with Crippen molar-refractivity contribution in [3.8, 4) is 0 Å². The lowest BCUT2D eigenvalue weighted by atomic mass is 10.3. The maximum absolute atomic E-state index is 8.56. The van der Waals surface area contributed by atoms with Crippen LogP contribution in [-0.4, -0.2) is 40.5 Å². The second-order valence-electron chi connectivity index (χ2n) is 3.00. The molecule has 0 aliphatic carbocycles. The molecule has 6 nitrogen and oxygen atoms in total. The van der Waals surface area contributed by atoms with Gasteiger partial charge in [0.2, 0.25) is 0 Å². The van der Waals surface area contributed by atoms with Crippen molar-refractivity contribution in [1.82, 2.24) is 9.97 Å². The molecule has 88 valence electrons. The van der Waals surface area contributed by atoms with Gasteiger partial charge in [-0.3, -0.25) is 0 Å². The monoisotopic (exact) mass is 242 g/mol. The zero-order valence-electron chi connectivity index (χ0n) is 9.17. The topological polar surface area (TPSA) is 93.6 Å².